The molecule has 0 bridgehead atoms. The number of nitrogens with two attached hydrogens (primary N) is 1. The molecule has 0 saturated carbocycles. The largest absolute Gasteiger partial charge is 0.376 e. The maximum Gasteiger partial charge on any atom is 0.0703 e. The van der Waals surface area contributed by atoms with Gasteiger partial charge in [0.1, 0.15) is 0 Å². The summed E-state index contributed by atoms with van der Waals surface area (Å²) >= 11 is 0. The molecule has 1 fully saturated rings. The van der Waals surface area contributed by atoms with Crippen molar-refractivity contribution >= 4 is 0 Å². The third-order valence-corrected chi connectivity index (χ3v) is 2.91. The standard InChI is InChI=1S/C10H23N3O/c1-8-10(4-5-12-3)13(9(2)11)6-7-14-8/h8-10,12H,4-7,11H2,1-3H3. The number of hydrogen-bond donors (Lipinski definition) is 2. The van der Waals surface area contributed by atoms with Crippen LogP contribution >= 0.6 is 0 Å². The molecule has 3 N–H and O–H groups in total. The first kappa shape index (κ1) is 11.9. The lowest BCUT2D eigenvalue weighted by Crippen LogP contribution is -2.56. The van der Waals surface area contributed by atoms with Crippen LogP contribution in [0.25, 0.3) is 0 Å². The van der Waals surface area contributed by atoms with E-state index in [1.165, 1.54) is 0 Å². The molecule has 3 unspecified atom stereocenters. The quantitative estimate of drug-likeness (QED) is 0.672. The van der Waals surface area contributed by atoms with Gasteiger partial charge in [-0.2, -0.15) is 0 Å². The van der Waals surface area contributed by atoms with Crippen molar-refractivity contribution in [1.82, 2.24) is 10.2 Å². The summed E-state index contributed by atoms with van der Waals surface area (Å²) in [7, 11) is 1.98. The molecule has 0 aromatic carbocycles. The van der Waals surface area contributed by atoms with Gasteiger partial charge >= 0.3 is 0 Å². The molecule has 0 spiro atoms. The van der Waals surface area contributed by atoms with Crippen LogP contribution < -0.4 is 11.1 Å². The molecule has 1 heterocycles. The molecule has 3 atom stereocenters. The number of morpholine rings is 1. The highest BCUT2D eigenvalue weighted by molar-refractivity contribution is 4.83. The van der Waals surface area contributed by atoms with Gasteiger partial charge in [0.15, 0.2) is 0 Å². The van der Waals surface area contributed by atoms with Crippen LogP contribution in [0.15, 0.2) is 0 Å². The highest BCUT2D eigenvalue weighted by Crippen LogP contribution is 2.17. The van der Waals surface area contributed by atoms with E-state index in [0.717, 1.165) is 26.1 Å². The van der Waals surface area contributed by atoms with E-state index in [4.69, 9.17) is 10.5 Å². The molecule has 0 aromatic rings. The van der Waals surface area contributed by atoms with E-state index in [-0.39, 0.29) is 6.17 Å². The van der Waals surface area contributed by atoms with Crippen molar-refractivity contribution in [1.29, 1.82) is 0 Å². The Morgan fingerprint density at radius 2 is 2.36 bits per heavy atom. The predicted octanol–water partition coefficient (Wildman–Crippen LogP) is -0.0101. The van der Waals surface area contributed by atoms with Crippen LogP contribution in [0.5, 0.6) is 0 Å². The fourth-order valence-corrected chi connectivity index (χ4v) is 2.09. The first-order chi connectivity index (χ1) is 6.66. The fraction of sp³-hybridized carbons (Fsp3) is 1.00. The normalized spacial score (nSPS) is 31.7. The third kappa shape index (κ3) is 2.92. The Balaban J connectivity index is 2.52. The zero-order valence-corrected chi connectivity index (χ0v) is 9.49. The van der Waals surface area contributed by atoms with Crippen LogP contribution in [0.2, 0.25) is 0 Å². The van der Waals surface area contributed by atoms with Crippen molar-refractivity contribution in [3.63, 3.8) is 0 Å². The van der Waals surface area contributed by atoms with E-state index in [9.17, 15) is 0 Å². The van der Waals surface area contributed by atoms with Crippen LogP contribution in [-0.4, -0.2) is 50.0 Å². The van der Waals surface area contributed by atoms with Gasteiger partial charge in [0.2, 0.25) is 0 Å². The third-order valence-electron chi connectivity index (χ3n) is 2.91. The van der Waals surface area contributed by atoms with Gasteiger partial charge in [0, 0.05) is 12.6 Å². The smallest absolute Gasteiger partial charge is 0.0703 e. The highest BCUT2D eigenvalue weighted by Gasteiger charge is 2.30. The molecular formula is C10H23N3O. The van der Waals surface area contributed by atoms with Crippen LogP contribution in [0.1, 0.15) is 20.3 Å². The lowest BCUT2D eigenvalue weighted by atomic mass is 10.0. The van der Waals surface area contributed by atoms with E-state index in [1.807, 2.05) is 14.0 Å². The second-order valence-electron chi connectivity index (χ2n) is 4.01. The van der Waals surface area contributed by atoms with Gasteiger partial charge in [0.05, 0.1) is 18.9 Å². The lowest BCUT2D eigenvalue weighted by Gasteiger charge is -2.42. The Bertz CT molecular complexity index is 163. The average Bonchev–Trinajstić information content (AvgIpc) is 2.15. The van der Waals surface area contributed by atoms with Crippen molar-refractivity contribution in [2.45, 2.75) is 38.6 Å². The molecule has 0 radical (unpaired) electrons. The number of nitrogens with one attached hydrogen (secondary N) is 1. The van der Waals surface area contributed by atoms with E-state index in [2.05, 4.69) is 17.1 Å². The Hall–Kier alpha value is -0.160. The molecule has 0 amide bonds. The summed E-state index contributed by atoms with van der Waals surface area (Å²) in [5.74, 6) is 0. The molecule has 4 heteroatoms. The van der Waals surface area contributed by atoms with Crippen molar-refractivity contribution < 1.29 is 4.74 Å². The summed E-state index contributed by atoms with van der Waals surface area (Å²) in [6.45, 7) is 6.95. The maximum atomic E-state index is 5.94. The molecule has 4 nitrogen and oxygen atoms in total. The Labute approximate surface area is 86.8 Å². The number of hydrogen-bond acceptors (Lipinski definition) is 4. The Kier molecular flexibility index (Phi) is 4.81. The van der Waals surface area contributed by atoms with Gasteiger partial charge in [-0.15, -0.1) is 0 Å². The molecule has 0 aromatic heterocycles. The number of nitrogens with zero attached hydrogens (tertiary/aromatic N) is 1. The number of ether oxygens (including phenoxy) is 1. The summed E-state index contributed by atoms with van der Waals surface area (Å²) < 4.78 is 5.64. The SMILES string of the molecule is CNCCC1C(C)OCCN1C(C)N. The minimum absolute atomic E-state index is 0.128. The van der Waals surface area contributed by atoms with Gasteiger partial charge in [-0.25, -0.2) is 0 Å². The maximum absolute atomic E-state index is 5.94. The molecule has 0 aliphatic carbocycles. The van der Waals surface area contributed by atoms with E-state index < -0.39 is 0 Å². The Morgan fingerprint density at radius 1 is 1.64 bits per heavy atom. The van der Waals surface area contributed by atoms with E-state index in [0.29, 0.717) is 12.1 Å². The van der Waals surface area contributed by atoms with Crippen molar-refractivity contribution in [3.8, 4) is 0 Å². The number of rotatable bonds is 4. The summed E-state index contributed by atoms with van der Waals surface area (Å²) in [5, 5.41) is 3.17. The molecule has 1 aliphatic rings. The predicted molar refractivity (Wildman–Crippen MR) is 58.1 cm³/mol. The first-order valence-electron chi connectivity index (χ1n) is 5.44. The minimum Gasteiger partial charge on any atom is -0.376 e. The van der Waals surface area contributed by atoms with E-state index in [1.54, 1.807) is 0 Å². The van der Waals surface area contributed by atoms with Crippen molar-refractivity contribution in [3.05, 3.63) is 0 Å². The van der Waals surface area contributed by atoms with Crippen LogP contribution in [0, 0.1) is 0 Å². The van der Waals surface area contributed by atoms with Crippen molar-refractivity contribution in [2.24, 2.45) is 5.73 Å². The van der Waals surface area contributed by atoms with Gasteiger partial charge in [-0.3, -0.25) is 4.90 Å². The molecule has 1 aliphatic heterocycles. The second-order valence-corrected chi connectivity index (χ2v) is 4.01. The van der Waals surface area contributed by atoms with Gasteiger partial charge in [-0.05, 0) is 33.9 Å². The summed E-state index contributed by atoms with van der Waals surface area (Å²) in [5.41, 5.74) is 5.94. The van der Waals surface area contributed by atoms with Crippen LogP contribution in [-0.2, 0) is 4.74 Å². The lowest BCUT2D eigenvalue weighted by molar-refractivity contribution is -0.0766. The fourth-order valence-electron chi connectivity index (χ4n) is 2.09. The molecular weight excluding hydrogens is 178 g/mol. The topological polar surface area (TPSA) is 50.5 Å². The van der Waals surface area contributed by atoms with E-state index >= 15 is 0 Å². The first-order valence-corrected chi connectivity index (χ1v) is 5.44. The zero-order chi connectivity index (χ0) is 10.6. The highest BCUT2D eigenvalue weighted by atomic mass is 16.5. The van der Waals surface area contributed by atoms with Gasteiger partial charge in [0.25, 0.3) is 0 Å². The van der Waals surface area contributed by atoms with Crippen LogP contribution in [0.4, 0.5) is 0 Å². The molecule has 1 rings (SSSR count). The molecule has 1 saturated heterocycles. The molecule has 14 heavy (non-hydrogen) atoms. The minimum atomic E-state index is 0.128. The summed E-state index contributed by atoms with van der Waals surface area (Å²) in [6.07, 6.45) is 1.52. The van der Waals surface area contributed by atoms with Gasteiger partial charge < -0.3 is 15.8 Å². The van der Waals surface area contributed by atoms with Crippen LogP contribution in [0.3, 0.4) is 0 Å². The summed E-state index contributed by atoms with van der Waals surface area (Å²) in [4.78, 5) is 2.34. The Morgan fingerprint density at radius 3 is 2.93 bits per heavy atom. The average molecular weight is 201 g/mol. The van der Waals surface area contributed by atoms with Gasteiger partial charge in [-0.1, -0.05) is 0 Å². The molecule has 84 valence electrons. The monoisotopic (exact) mass is 201 g/mol. The second kappa shape index (κ2) is 5.66. The van der Waals surface area contributed by atoms with Crippen molar-refractivity contribution in [2.75, 3.05) is 26.7 Å². The zero-order valence-electron chi connectivity index (χ0n) is 9.49. The summed E-state index contributed by atoms with van der Waals surface area (Å²) in [6, 6.07) is 0.455.